The number of rotatable bonds is 11. The topological polar surface area (TPSA) is 97.2 Å². The van der Waals surface area contributed by atoms with Crippen LogP contribution in [0.3, 0.4) is 0 Å². The van der Waals surface area contributed by atoms with Gasteiger partial charge < -0.3 is 20.2 Å². The lowest BCUT2D eigenvalue weighted by atomic mass is 9.99. The van der Waals surface area contributed by atoms with Gasteiger partial charge in [-0.1, -0.05) is 54.4 Å². The monoisotopic (exact) mass is 500 g/mol. The Balaban J connectivity index is 1.39. The predicted molar refractivity (Wildman–Crippen MR) is 134 cm³/mol. The lowest BCUT2D eigenvalue weighted by Gasteiger charge is -2.14. The molecule has 1 unspecified atom stereocenters. The summed E-state index contributed by atoms with van der Waals surface area (Å²) in [5.41, 5.74) is 3.12. The molecule has 1 atom stereocenters. The predicted octanol–water partition coefficient (Wildman–Crippen LogP) is 5.24. The molecule has 1 amide bonds. The van der Waals surface area contributed by atoms with Gasteiger partial charge in [0.1, 0.15) is 5.75 Å². The quantitative estimate of drug-likeness (QED) is 0.350. The smallest absolute Gasteiger partial charge is 0.316 e. The zero-order valence-electron chi connectivity index (χ0n) is 19.0. The van der Waals surface area contributed by atoms with E-state index in [-0.39, 0.29) is 24.4 Å². The van der Waals surface area contributed by atoms with E-state index < -0.39 is 0 Å². The maximum Gasteiger partial charge on any atom is 0.316 e. The van der Waals surface area contributed by atoms with E-state index in [9.17, 15) is 4.79 Å². The molecule has 0 aliphatic rings. The van der Waals surface area contributed by atoms with Crippen molar-refractivity contribution in [3.63, 3.8) is 0 Å². The number of hydrogen-bond donors (Lipinski definition) is 2. The Morgan fingerprint density at radius 1 is 1.09 bits per heavy atom. The molecule has 0 bridgehead atoms. The number of ether oxygens (including phenoxy) is 2. The lowest BCUT2D eigenvalue weighted by Crippen LogP contribution is -2.33. The Hall–Kier alpha value is -3.16. The van der Waals surface area contributed by atoms with Crippen LogP contribution in [0.25, 0.3) is 11.1 Å². The van der Waals surface area contributed by atoms with Crippen LogP contribution in [-0.2, 0) is 11.2 Å². The van der Waals surface area contributed by atoms with Gasteiger partial charge in [0.05, 0.1) is 17.2 Å². The van der Waals surface area contributed by atoms with E-state index in [1.54, 1.807) is 25.6 Å². The van der Waals surface area contributed by atoms with Gasteiger partial charge in [0.15, 0.2) is 6.61 Å². The third-order valence-electron chi connectivity index (χ3n) is 5.06. The molecule has 0 saturated heterocycles. The maximum atomic E-state index is 12.1. The Morgan fingerprint density at radius 2 is 1.79 bits per heavy atom. The number of hydrogen-bond acceptors (Lipinski definition) is 6. The molecular formula is C25H26Cl2N4O3. The second-order valence-electron chi connectivity index (χ2n) is 7.88. The Bertz CT molecular complexity index is 1120. The minimum absolute atomic E-state index is 0.0782. The molecule has 0 spiro atoms. The highest BCUT2D eigenvalue weighted by molar-refractivity contribution is 6.42. The van der Waals surface area contributed by atoms with E-state index in [2.05, 4.69) is 15.3 Å². The van der Waals surface area contributed by atoms with Crippen molar-refractivity contribution in [3.8, 4) is 22.9 Å². The van der Waals surface area contributed by atoms with Crippen LogP contribution in [0, 0.1) is 11.3 Å². The summed E-state index contributed by atoms with van der Waals surface area (Å²) < 4.78 is 10.5. The summed E-state index contributed by atoms with van der Waals surface area (Å²) in [6, 6.07) is 13.1. The van der Waals surface area contributed by atoms with Gasteiger partial charge in [0.25, 0.3) is 5.91 Å². The van der Waals surface area contributed by atoms with Crippen LogP contribution >= 0.6 is 23.2 Å². The average molecular weight is 501 g/mol. The molecule has 3 rings (SSSR count). The Labute approximate surface area is 208 Å². The molecule has 34 heavy (non-hydrogen) atoms. The average Bonchev–Trinajstić information content (AvgIpc) is 2.84. The first kappa shape index (κ1) is 25.5. The van der Waals surface area contributed by atoms with Crippen molar-refractivity contribution in [1.29, 1.82) is 5.41 Å². The molecule has 0 aliphatic carbocycles. The molecule has 1 heterocycles. The molecule has 0 fully saturated rings. The largest absolute Gasteiger partial charge is 0.497 e. The van der Waals surface area contributed by atoms with Crippen LogP contribution in [-0.4, -0.2) is 41.8 Å². The first-order chi connectivity index (χ1) is 16.4. The summed E-state index contributed by atoms with van der Waals surface area (Å²) in [6.07, 6.45) is 4.23. The number of aromatic nitrogens is 2. The fourth-order valence-electron chi connectivity index (χ4n) is 3.27. The van der Waals surface area contributed by atoms with E-state index in [4.69, 9.17) is 38.1 Å². The number of nitrogens with zero attached hydrogens (tertiary/aromatic N) is 2. The second kappa shape index (κ2) is 12.3. The minimum atomic E-state index is -0.279. The van der Waals surface area contributed by atoms with Crippen LogP contribution in [0.4, 0.5) is 0 Å². The molecular weight excluding hydrogens is 475 g/mol. The Kier molecular flexibility index (Phi) is 9.24. The molecule has 0 saturated carbocycles. The molecule has 7 nitrogen and oxygen atoms in total. The van der Waals surface area contributed by atoms with Crippen molar-refractivity contribution >= 4 is 34.8 Å². The number of carbonyl (C=O) groups excluding carboxylic acids is 1. The zero-order chi connectivity index (χ0) is 24.5. The van der Waals surface area contributed by atoms with Crippen molar-refractivity contribution in [3.05, 3.63) is 70.5 Å². The van der Waals surface area contributed by atoms with Gasteiger partial charge >= 0.3 is 6.01 Å². The first-order valence-electron chi connectivity index (χ1n) is 10.7. The van der Waals surface area contributed by atoms with Gasteiger partial charge in [-0.15, -0.1) is 0 Å². The van der Waals surface area contributed by atoms with Crippen LogP contribution in [0.5, 0.6) is 11.8 Å². The van der Waals surface area contributed by atoms with Crippen molar-refractivity contribution in [2.45, 2.75) is 19.8 Å². The van der Waals surface area contributed by atoms with Crippen LogP contribution in [0.15, 0.2) is 54.9 Å². The van der Waals surface area contributed by atoms with Gasteiger partial charge in [-0.2, -0.15) is 0 Å². The fraction of sp³-hybridized carbons (Fsp3) is 0.280. The highest BCUT2D eigenvalue weighted by Gasteiger charge is 2.12. The summed E-state index contributed by atoms with van der Waals surface area (Å²) in [7, 11) is 1.62. The number of benzene rings is 2. The number of carbonyl (C=O) groups is 1. The van der Waals surface area contributed by atoms with Crippen LogP contribution in [0.1, 0.15) is 18.9 Å². The standard InChI is InChI=1S/C25H26Cl2N4O3/c1-16(10-20(28)11-18-4-3-5-22(26)24(18)27)12-29-23(32)15-34-25-30-13-19(14-31-25)17-6-8-21(33-2)9-7-17/h3-9,13-14,16,28H,10-12,15H2,1-2H3,(H,29,32). The highest BCUT2D eigenvalue weighted by atomic mass is 35.5. The fourth-order valence-corrected chi connectivity index (χ4v) is 3.66. The van der Waals surface area contributed by atoms with Gasteiger partial charge in [-0.25, -0.2) is 9.97 Å². The van der Waals surface area contributed by atoms with E-state index >= 15 is 0 Å². The van der Waals surface area contributed by atoms with Crippen molar-refractivity contribution in [2.24, 2.45) is 5.92 Å². The molecule has 0 aliphatic heterocycles. The van der Waals surface area contributed by atoms with E-state index in [1.807, 2.05) is 43.3 Å². The SMILES string of the molecule is COc1ccc(-c2cnc(OCC(=O)NCC(C)CC(=N)Cc3cccc(Cl)c3Cl)nc2)cc1. The van der Waals surface area contributed by atoms with Crippen molar-refractivity contribution in [1.82, 2.24) is 15.3 Å². The van der Waals surface area contributed by atoms with Gasteiger partial charge in [-0.05, 0) is 41.7 Å². The van der Waals surface area contributed by atoms with E-state index in [0.717, 1.165) is 22.4 Å². The number of methoxy groups -OCH3 is 1. The second-order valence-corrected chi connectivity index (χ2v) is 8.66. The van der Waals surface area contributed by atoms with Gasteiger partial charge in [-0.3, -0.25) is 4.79 Å². The first-order valence-corrected chi connectivity index (χ1v) is 11.5. The zero-order valence-corrected chi connectivity index (χ0v) is 20.5. The summed E-state index contributed by atoms with van der Waals surface area (Å²) >= 11 is 12.2. The highest BCUT2D eigenvalue weighted by Crippen LogP contribution is 2.26. The number of halogens is 2. The third-order valence-corrected chi connectivity index (χ3v) is 5.92. The molecule has 2 N–H and O–H groups in total. The molecule has 178 valence electrons. The number of amides is 1. The minimum Gasteiger partial charge on any atom is -0.497 e. The van der Waals surface area contributed by atoms with E-state index in [1.165, 1.54) is 0 Å². The van der Waals surface area contributed by atoms with Gasteiger partial charge in [0, 0.05) is 36.6 Å². The van der Waals surface area contributed by atoms with Crippen molar-refractivity contribution < 1.29 is 14.3 Å². The van der Waals surface area contributed by atoms with Crippen LogP contribution in [0.2, 0.25) is 10.0 Å². The van der Waals surface area contributed by atoms with Gasteiger partial charge in [0.2, 0.25) is 0 Å². The normalized spacial score (nSPS) is 11.5. The molecule has 1 aromatic heterocycles. The molecule has 3 aromatic rings. The third kappa shape index (κ3) is 7.43. The summed E-state index contributed by atoms with van der Waals surface area (Å²) in [5, 5.41) is 12.0. The lowest BCUT2D eigenvalue weighted by molar-refractivity contribution is -0.123. The summed E-state index contributed by atoms with van der Waals surface area (Å²) in [6.45, 7) is 2.20. The Morgan fingerprint density at radius 3 is 2.47 bits per heavy atom. The molecule has 2 aromatic carbocycles. The number of nitrogens with one attached hydrogen (secondary N) is 2. The summed E-state index contributed by atoms with van der Waals surface area (Å²) in [4.78, 5) is 20.5. The maximum absolute atomic E-state index is 12.1. The van der Waals surface area contributed by atoms with Crippen LogP contribution < -0.4 is 14.8 Å². The molecule has 9 heteroatoms. The molecule has 0 radical (unpaired) electrons. The van der Waals surface area contributed by atoms with Crippen molar-refractivity contribution in [2.75, 3.05) is 20.3 Å². The van der Waals surface area contributed by atoms with E-state index in [0.29, 0.717) is 35.1 Å². The summed E-state index contributed by atoms with van der Waals surface area (Å²) in [5.74, 6) is 0.570.